The minimum absolute atomic E-state index is 0.335. The van der Waals surface area contributed by atoms with Crippen LogP contribution in [0.25, 0.3) is 0 Å². The molecule has 0 radical (unpaired) electrons. The second-order valence-electron chi connectivity index (χ2n) is 3.54. The summed E-state index contributed by atoms with van der Waals surface area (Å²) in [5, 5.41) is 0. The number of Topliss-reactive ketones (excluding diaryl/α,β-unsaturated/α-hetero) is 1. The van der Waals surface area contributed by atoms with Crippen LogP contribution in [0, 0.1) is 0 Å². The van der Waals surface area contributed by atoms with Gasteiger partial charge in [0.05, 0.1) is 5.56 Å². The highest BCUT2D eigenvalue weighted by Gasteiger charge is 2.36. The number of carbonyl (C=O) groups excluding carboxylic acids is 1. The molecule has 0 saturated heterocycles. The Morgan fingerprint density at radius 1 is 1.35 bits per heavy atom. The molecule has 0 aliphatic rings. The van der Waals surface area contributed by atoms with E-state index in [4.69, 9.17) is 4.74 Å². The Balaban J connectivity index is 3.18. The van der Waals surface area contributed by atoms with E-state index in [9.17, 15) is 18.0 Å². The minimum atomic E-state index is -4.53. The molecule has 0 bridgehead atoms. The Bertz CT molecular complexity index is 395. The monoisotopic (exact) mass is 246 g/mol. The van der Waals surface area contributed by atoms with Crippen LogP contribution in [-0.4, -0.2) is 19.0 Å². The molecule has 0 fully saturated rings. The highest BCUT2D eigenvalue weighted by molar-refractivity contribution is 6.00. The van der Waals surface area contributed by atoms with Crippen molar-refractivity contribution in [2.45, 2.75) is 25.6 Å². The second kappa shape index (κ2) is 5.31. The number of hydrogen-bond donors (Lipinski definition) is 0. The van der Waals surface area contributed by atoms with Crippen LogP contribution in [0.5, 0.6) is 0 Å². The first-order chi connectivity index (χ1) is 7.91. The van der Waals surface area contributed by atoms with E-state index in [1.807, 2.05) is 0 Å². The molecule has 0 aliphatic carbocycles. The molecule has 5 heteroatoms. The largest absolute Gasteiger partial charge is 0.417 e. The van der Waals surface area contributed by atoms with Crippen molar-refractivity contribution in [3.63, 3.8) is 0 Å². The number of alkyl halides is 3. The third-order valence-corrected chi connectivity index (χ3v) is 2.45. The maximum absolute atomic E-state index is 12.7. The summed E-state index contributed by atoms with van der Waals surface area (Å²) < 4.78 is 42.9. The Morgan fingerprint density at radius 3 is 2.41 bits per heavy atom. The molecule has 17 heavy (non-hydrogen) atoms. The van der Waals surface area contributed by atoms with E-state index in [0.29, 0.717) is 6.42 Å². The Morgan fingerprint density at radius 2 is 1.94 bits per heavy atom. The zero-order valence-electron chi connectivity index (χ0n) is 9.54. The van der Waals surface area contributed by atoms with Crippen LogP contribution in [0.2, 0.25) is 0 Å². The van der Waals surface area contributed by atoms with E-state index in [-0.39, 0.29) is 5.56 Å². The molecule has 0 amide bonds. The van der Waals surface area contributed by atoms with Gasteiger partial charge in [-0.1, -0.05) is 25.1 Å². The number of ether oxygens (including phenoxy) is 1. The Labute approximate surface area is 97.4 Å². The van der Waals surface area contributed by atoms with Gasteiger partial charge >= 0.3 is 6.18 Å². The van der Waals surface area contributed by atoms with Crippen LogP contribution >= 0.6 is 0 Å². The van der Waals surface area contributed by atoms with Gasteiger partial charge in [-0.3, -0.25) is 4.79 Å². The predicted molar refractivity (Wildman–Crippen MR) is 56.9 cm³/mol. The third-order valence-electron chi connectivity index (χ3n) is 2.45. The van der Waals surface area contributed by atoms with Gasteiger partial charge in [-0.25, -0.2) is 0 Å². The first-order valence-electron chi connectivity index (χ1n) is 5.15. The smallest absolute Gasteiger partial charge is 0.373 e. The molecule has 0 aliphatic heterocycles. The van der Waals surface area contributed by atoms with Crippen molar-refractivity contribution in [3.8, 4) is 0 Å². The second-order valence-corrected chi connectivity index (χ2v) is 3.54. The molecule has 0 spiro atoms. The molecule has 0 aromatic heterocycles. The number of methoxy groups -OCH3 is 1. The van der Waals surface area contributed by atoms with Crippen LogP contribution in [-0.2, 0) is 10.9 Å². The minimum Gasteiger partial charge on any atom is -0.373 e. The molecule has 2 nitrogen and oxygen atoms in total. The van der Waals surface area contributed by atoms with Crippen molar-refractivity contribution in [3.05, 3.63) is 35.4 Å². The zero-order chi connectivity index (χ0) is 13.1. The van der Waals surface area contributed by atoms with Crippen molar-refractivity contribution in [2.24, 2.45) is 0 Å². The summed E-state index contributed by atoms with van der Waals surface area (Å²) in [6, 6.07) is 4.74. The Hall–Kier alpha value is -1.36. The van der Waals surface area contributed by atoms with Gasteiger partial charge in [0.15, 0.2) is 5.78 Å². The van der Waals surface area contributed by atoms with E-state index in [1.165, 1.54) is 25.3 Å². The summed E-state index contributed by atoms with van der Waals surface area (Å²) in [4.78, 5) is 11.8. The highest BCUT2D eigenvalue weighted by atomic mass is 19.4. The molecule has 0 N–H and O–H groups in total. The van der Waals surface area contributed by atoms with Crippen molar-refractivity contribution in [2.75, 3.05) is 7.11 Å². The predicted octanol–water partition coefficient (Wildman–Crippen LogP) is 3.31. The van der Waals surface area contributed by atoms with E-state index < -0.39 is 23.6 Å². The van der Waals surface area contributed by atoms with Crippen LogP contribution in [0.15, 0.2) is 24.3 Å². The van der Waals surface area contributed by atoms with Crippen LogP contribution in [0.3, 0.4) is 0 Å². The fraction of sp³-hybridized carbons (Fsp3) is 0.417. The van der Waals surface area contributed by atoms with Gasteiger partial charge < -0.3 is 4.74 Å². The molecule has 0 saturated carbocycles. The SMILES string of the molecule is CCC(OC)C(=O)c1ccccc1C(F)(F)F. The lowest BCUT2D eigenvalue weighted by Crippen LogP contribution is -2.25. The van der Waals surface area contributed by atoms with Gasteiger partial charge in [-0.05, 0) is 12.5 Å². The number of hydrogen-bond acceptors (Lipinski definition) is 2. The number of halogens is 3. The molecule has 0 heterocycles. The first kappa shape index (κ1) is 13.7. The standard InChI is InChI=1S/C12H13F3O2/c1-3-10(17-2)11(16)8-6-4-5-7-9(8)12(13,14)15/h4-7,10H,3H2,1-2H3. The maximum atomic E-state index is 12.7. The van der Waals surface area contributed by atoms with Crippen molar-refractivity contribution < 1.29 is 22.7 Å². The Kier molecular flexibility index (Phi) is 4.28. The van der Waals surface area contributed by atoms with E-state index >= 15 is 0 Å². The summed E-state index contributed by atoms with van der Waals surface area (Å²) in [6.45, 7) is 1.68. The van der Waals surface area contributed by atoms with Gasteiger partial charge in [-0.2, -0.15) is 13.2 Å². The molecular formula is C12H13F3O2. The van der Waals surface area contributed by atoms with Gasteiger partial charge in [0.25, 0.3) is 0 Å². The van der Waals surface area contributed by atoms with E-state index in [1.54, 1.807) is 6.92 Å². The number of carbonyl (C=O) groups is 1. The molecule has 1 unspecified atom stereocenters. The number of rotatable bonds is 4. The summed E-state index contributed by atoms with van der Waals surface area (Å²) in [6.07, 6.45) is -5.03. The van der Waals surface area contributed by atoms with E-state index in [0.717, 1.165) is 6.07 Å². The van der Waals surface area contributed by atoms with E-state index in [2.05, 4.69) is 0 Å². The fourth-order valence-electron chi connectivity index (χ4n) is 1.58. The molecular weight excluding hydrogens is 233 g/mol. The van der Waals surface area contributed by atoms with Crippen LogP contribution in [0.4, 0.5) is 13.2 Å². The topological polar surface area (TPSA) is 26.3 Å². The molecule has 1 atom stereocenters. The lowest BCUT2D eigenvalue weighted by atomic mass is 9.98. The highest BCUT2D eigenvalue weighted by Crippen LogP contribution is 2.32. The normalized spacial score (nSPS) is 13.5. The van der Waals surface area contributed by atoms with Crippen molar-refractivity contribution in [1.82, 2.24) is 0 Å². The van der Waals surface area contributed by atoms with Gasteiger partial charge in [0, 0.05) is 12.7 Å². The van der Waals surface area contributed by atoms with Crippen molar-refractivity contribution >= 4 is 5.78 Å². The summed E-state index contributed by atoms with van der Waals surface area (Å²) >= 11 is 0. The number of ketones is 1. The van der Waals surface area contributed by atoms with Gasteiger partial charge in [0.1, 0.15) is 6.10 Å². The fourth-order valence-corrected chi connectivity index (χ4v) is 1.58. The quantitative estimate of drug-likeness (QED) is 0.762. The zero-order valence-corrected chi connectivity index (χ0v) is 9.54. The van der Waals surface area contributed by atoms with Crippen molar-refractivity contribution in [1.29, 1.82) is 0 Å². The molecule has 1 aromatic rings. The maximum Gasteiger partial charge on any atom is 0.417 e. The van der Waals surface area contributed by atoms with Gasteiger partial charge in [-0.15, -0.1) is 0 Å². The van der Waals surface area contributed by atoms with Crippen LogP contribution in [0.1, 0.15) is 29.3 Å². The lowest BCUT2D eigenvalue weighted by molar-refractivity contribution is -0.138. The van der Waals surface area contributed by atoms with Gasteiger partial charge in [0.2, 0.25) is 0 Å². The lowest BCUT2D eigenvalue weighted by Gasteiger charge is -2.16. The summed E-state index contributed by atoms with van der Waals surface area (Å²) in [7, 11) is 1.31. The molecule has 94 valence electrons. The first-order valence-corrected chi connectivity index (χ1v) is 5.15. The average molecular weight is 246 g/mol. The third kappa shape index (κ3) is 3.06. The molecule has 1 aromatic carbocycles. The average Bonchev–Trinajstić information content (AvgIpc) is 2.29. The molecule has 1 rings (SSSR count). The summed E-state index contributed by atoms with van der Waals surface area (Å²) in [5.41, 5.74) is -1.26. The van der Waals surface area contributed by atoms with Crippen LogP contribution < -0.4 is 0 Å². The number of benzene rings is 1. The summed E-state index contributed by atoms with van der Waals surface area (Å²) in [5.74, 6) is -0.636.